The van der Waals surface area contributed by atoms with E-state index in [4.69, 9.17) is 4.55 Å². The van der Waals surface area contributed by atoms with Crippen LogP contribution < -0.4 is 0 Å². The minimum Gasteiger partial charge on any atom is -0.303 e. The summed E-state index contributed by atoms with van der Waals surface area (Å²) in [6.45, 7) is 8.76. The van der Waals surface area contributed by atoms with Crippen molar-refractivity contribution < 1.29 is 13.0 Å². The van der Waals surface area contributed by atoms with Crippen LogP contribution in [0.4, 0.5) is 0 Å². The van der Waals surface area contributed by atoms with Gasteiger partial charge < -0.3 is 4.90 Å². The van der Waals surface area contributed by atoms with Gasteiger partial charge in [0.1, 0.15) is 0 Å². The highest BCUT2D eigenvalue weighted by Gasteiger charge is 2.17. The lowest BCUT2D eigenvalue weighted by molar-refractivity contribution is 0.317. The fourth-order valence-corrected chi connectivity index (χ4v) is 3.05. The molecule has 1 atom stereocenters. The van der Waals surface area contributed by atoms with Gasteiger partial charge in [-0.3, -0.25) is 4.55 Å². The topological polar surface area (TPSA) is 57.6 Å². The van der Waals surface area contributed by atoms with Gasteiger partial charge in [0.15, 0.2) is 0 Å². The third-order valence-electron chi connectivity index (χ3n) is 4.34. The summed E-state index contributed by atoms with van der Waals surface area (Å²) < 4.78 is 25.9. The Kier molecular flexibility index (Phi) is 14.2. The number of nitrogens with zero attached hydrogens (tertiary/aromatic N) is 1. The van der Waals surface area contributed by atoms with E-state index in [0.717, 1.165) is 5.92 Å². The Morgan fingerprint density at radius 1 is 0.957 bits per heavy atom. The lowest BCUT2D eigenvalue weighted by Gasteiger charge is -2.14. The molecule has 0 amide bonds. The molecule has 1 heterocycles. The SMILES string of the molecule is CCCCCCCCCCCCN1CCC(C)C1.CS(=O)(=O)O. The molecule has 0 aromatic carbocycles. The van der Waals surface area contributed by atoms with Crippen LogP contribution in [0.15, 0.2) is 0 Å². The summed E-state index contributed by atoms with van der Waals surface area (Å²) in [5.41, 5.74) is 0. The maximum Gasteiger partial charge on any atom is 0.261 e. The van der Waals surface area contributed by atoms with Crippen molar-refractivity contribution in [2.45, 2.75) is 84.5 Å². The van der Waals surface area contributed by atoms with Gasteiger partial charge in [-0.25, -0.2) is 0 Å². The van der Waals surface area contributed by atoms with Gasteiger partial charge >= 0.3 is 0 Å². The van der Waals surface area contributed by atoms with Gasteiger partial charge in [0.25, 0.3) is 10.1 Å². The van der Waals surface area contributed by atoms with Crippen molar-refractivity contribution in [3.8, 4) is 0 Å². The summed E-state index contributed by atoms with van der Waals surface area (Å²) in [5, 5.41) is 0. The molecule has 1 fully saturated rings. The number of hydrogen-bond acceptors (Lipinski definition) is 3. The van der Waals surface area contributed by atoms with Crippen LogP contribution in [-0.4, -0.2) is 43.8 Å². The number of hydrogen-bond donors (Lipinski definition) is 1. The first kappa shape index (κ1) is 22.9. The summed E-state index contributed by atoms with van der Waals surface area (Å²) in [6.07, 6.45) is 16.7. The van der Waals surface area contributed by atoms with Crippen molar-refractivity contribution in [1.82, 2.24) is 4.90 Å². The van der Waals surface area contributed by atoms with Crippen LogP contribution >= 0.6 is 0 Å². The Hall–Kier alpha value is -0.130. The molecule has 1 N–H and O–H groups in total. The molecule has 1 aliphatic heterocycles. The normalized spacial score (nSPS) is 18.7. The van der Waals surface area contributed by atoms with E-state index in [-0.39, 0.29) is 0 Å². The summed E-state index contributed by atoms with van der Waals surface area (Å²) in [6, 6.07) is 0. The average molecular weight is 350 g/mol. The lowest BCUT2D eigenvalue weighted by Crippen LogP contribution is -2.21. The molecular formula is C18H39NO3S. The van der Waals surface area contributed by atoms with Gasteiger partial charge in [-0.05, 0) is 31.8 Å². The molecule has 1 aliphatic rings. The van der Waals surface area contributed by atoms with Crippen molar-refractivity contribution in [2.24, 2.45) is 5.92 Å². The molecule has 0 aromatic heterocycles. The van der Waals surface area contributed by atoms with Gasteiger partial charge in [0.05, 0.1) is 6.26 Å². The molecule has 5 heteroatoms. The number of rotatable bonds is 11. The van der Waals surface area contributed by atoms with Crippen molar-refractivity contribution in [3.63, 3.8) is 0 Å². The molecule has 4 nitrogen and oxygen atoms in total. The molecule has 0 spiro atoms. The second-order valence-electron chi connectivity index (χ2n) is 7.11. The summed E-state index contributed by atoms with van der Waals surface area (Å²) in [5.74, 6) is 0.952. The highest BCUT2D eigenvalue weighted by atomic mass is 32.2. The maximum absolute atomic E-state index is 9.19. The first-order valence-corrected chi connectivity index (χ1v) is 11.3. The molecule has 0 saturated carbocycles. The second kappa shape index (κ2) is 14.2. The molecular weight excluding hydrogens is 310 g/mol. The van der Waals surface area contributed by atoms with Crippen molar-refractivity contribution in [2.75, 3.05) is 25.9 Å². The summed E-state index contributed by atoms with van der Waals surface area (Å²) >= 11 is 0. The monoisotopic (exact) mass is 349 g/mol. The van der Waals surface area contributed by atoms with Gasteiger partial charge in [-0.2, -0.15) is 8.42 Å². The molecule has 23 heavy (non-hydrogen) atoms. The van der Waals surface area contributed by atoms with Crippen LogP contribution in [0.3, 0.4) is 0 Å². The maximum atomic E-state index is 9.19. The molecule has 1 rings (SSSR count). The molecule has 0 bridgehead atoms. The second-order valence-corrected chi connectivity index (χ2v) is 8.58. The largest absolute Gasteiger partial charge is 0.303 e. The predicted molar refractivity (Wildman–Crippen MR) is 99.5 cm³/mol. The zero-order chi connectivity index (χ0) is 17.6. The van der Waals surface area contributed by atoms with Crippen LogP contribution in [0.1, 0.15) is 84.5 Å². The van der Waals surface area contributed by atoms with E-state index in [2.05, 4.69) is 18.7 Å². The highest BCUT2D eigenvalue weighted by molar-refractivity contribution is 7.85. The first-order chi connectivity index (χ1) is 10.8. The van der Waals surface area contributed by atoms with Gasteiger partial charge in [0, 0.05) is 6.54 Å². The molecule has 0 aromatic rings. The van der Waals surface area contributed by atoms with Crippen LogP contribution in [0, 0.1) is 5.92 Å². The van der Waals surface area contributed by atoms with Crippen LogP contribution in [0.5, 0.6) is 0 Å². The molecule has 0 aliphatic carbocycles. The van der Waals surface area contributed by atoms with E-state index in [1.807, 2.05) is 0 Å². The first-order valence-electron chi connectivity index (χ1n) is 9.47. The van der Waals surface area contributed by atoms with E-state index >= 15 is 0 Å². The fraction of sp³-hybridized carbons (Fsp3) is 1.00. The van der Waals surface area contributed by atoms with Crippen LogP contribution in [-0.2, 0) is 10.1 Å². The van der Waals surface area contributed by atoms with Gasteiger partial charge in [0.2, 0.25) is 0 Å². The molecule has 140 valence electrons. The highest BCUT2D eigenvalue weighted by Crippen LogP contribution is 2.16. The van der Waals surface area contributed by atoms with Crippen molar-refractivity contribution >= 4 is 10.1 Å². The zero-order valence-corrected chi connectivity index (χ0v) is 16.4. The average Bonchev–Trinajstić information content (AvgIpc) is 2.85. The van der Waals surface area contributed by atoms with Gasteiger partial charge in [-0.15, -0.1) is 0 Å². The Balaban J connectivity index is 0.000000841. The molecule has 1 saturated heterocycles. The van der Waals surface area contributed by atoms with E-state index in [9.17, 15) is 8.42 Å². The summed E-state index contributed by atoms with van der Waals surface area (Å²) in [7, 11) is -3.67. The Morgan fingerprint density at radius 2 is 1.39 bits per heavy atom. The third-order valence-corrected chi connectivity index (χ3v) is 4.34. The van der Waals surface area contributed by atoms with E-state index < -0.39 is 10.1 Å². The number of likely N-dealkylation sites (tertiary alicyclic amines) is 1. The number of unbranched alkanes of at least 4 members (excludes halogenated alkanes) is 9. The molecule has 1 unspecified atom stereocenters. The smallest absolute Gasteiger partial charge is 0.261 e. The van der Waals surface area contributed by atoms with Gasteiger partial charge in [-0.1, -0.05) is 71.6 Å². The Labute approximate surface area is 144 Å². The van der Waals surface area contributed by atoms with Crippen LogP contribution in [0.25, 0.3) is 0 Å². The van der Waals surface area contributed by atoms with Crippen molar-refractivity contribution in [3.05, 3.63) is 0 Å². The van der Waals surface area contributed by atoms with Crippen molar-refractivity contribution in [1.29, 1.82) is 0 Å². The van der Waals surface area contributed by atoms with Crippen LogP contribution in [0.2, 0.25) is 0 Å². The predicted octanol–water partition coefficient (Wildman–Crippen LogP) is 4.75. The minimum absolute atomic E-state index is 0.715. The zero-order valence-electron chi connectivity index (χ0n) is 15.6. The summed E-state index contributed by atoms with van der Waals surface area (Å²) in [4.78, 5) is 2.66. The van der Waals surface area contributed by atoms with E-state index in [1.165, 1.54) is 90.3 Å². The third kappa shape index (κ3) is 19.8. The lowest BCUT2D eigenvalue weighted by atomic mass is 10.1. The molecule has 0 radical (unpaired) electrons. The quantitative estimate of drug-likeness (QED) is 0.432. The fourth-order valence-electron chi connectivity index (χ4n) is 3.05. The Morgan fingerprint density at radius 3 is 1.78 bits per heavy atom. The minimum atomic E-state index is -3.67. The van der Waals surface area contributed by atoms with E-state index in [0.29, 0.717) is 6.26 Å². The Bertz CT molecular complexity index is 349. The van der Waals surface area contributed by atoms with E-state index in [1.54, 1.807) is 0 Å². The standard InChI is InChI=1S/C17H35N.CH4O3S/c1-3-4-5-6-7-8-9-10-11-12-14-18-15-13-17(2)16-18;1-5(2,3)4/h17H,3-16H2,1-2H3;1H3,(H,2,3,4).